The third kappa shape index (κ3) is 3.57. The molecule has 0 spiro atoms. The third-order valence-corrected chi connectivity index (χ3v) is 2.33. The molecule has 1 aromatic heterocycles. The van der Waals surface area contributed by atoms with Crippen LogP contribution in [0.1, 0.15) is 13.3 Å². The SMILES string of the molecule is CCOC(O[Si](C)(C)C)n1ccnn1. The molecule has 0 aliphatic rings. The molecular formula is C8H17N3O2Si. The van der Waals surface area contributed by atoms with E-state index in [1.807, 2.05) is 6.92 Å². The highest BCUT2D eigenvalue weighted by Gasteiger charge is 2.22. The van der Waals surface area contributed by atoms with Gasteiger partial charge >= 0.3 is 0 Å². The molecule has 1 rings (SSSR count). The average Bonchev–Trinajstić information content (AvgIpc) is 2.52. The Kier molecular flexibility index (Phi) is 3.79. The van der Waals surface area contributed by atoms with Gasteiger partial charge in [-0.25, -0.2) is 0 Å². The van der Waals surface area contributed by atoms with Gasteiger partial charge in [-0.3, -0.25) is 0 Å². The van der Waals surface area contributed by atoms with Gasteiger partial charge in [0.1, 0.15) is 0 Å². The number of hydrogen-bond acceptors (Lipinski definition) is 4. The standard InChI is InChI=1S/C8H17N3O2Si/c1-5-12-8(13-14(2,3)4)11-7-6-9-10-11/h6-8H,5H2,1-4H3. The van der Waals surface area contributed by atoms with Crippen molar-refractivity contribution >= 4 is 8.32 Å². The first-order chi connectivity index (χ1) is 6.53. The van der Waals surface area contributed by atoms with E-state index >= 15 is 0 Å². The van der Waals surface area contributed by atoms with Gasteiger partial charge in [0.15, 0.2) is 8.32 Å². The predicted molar refractivity (Wildman–Crippen MR) is 55.1 cm³/mol. The summed E-state index contributed by atoms with van der Waals surface area (Å²) in [6.07, 6.45) is 2.91. The molecular weight excluding hydrogens is 198 g/mol. The number of ether oxygens (including phenoxy) is 1. The van der Waals surface area contributed by atoms with Gasteiger partial charge in [-0.2, -0.15) is 4.68 Å². The van der Waals surface area contributed by atoms with Gasteiger partial charge in [0, 0.05) is 6.61 Å². The van der Waals surface area contributed by atoms with E-state index in [1.165, 1.54) is 0 Å². The minimum absolute atomic E-state index is 0.436. The number of nitrogens with zero attached hydrogens (tertiary/aromatic N) is 3. The molecule has 0 saturated carbocycles. The van der Waals surface area contributed by atoms with Crippen LogP contribution in [0.5, 0.6) is 0 Å². The van der Waals surface area contributed by atoms with Gasteiger partial charge in [-0.1, -0.05) is 5.21 Å². The molecule has 0 amide bonds. The van der Waals surface area contributed by atoms with E-state index in [0.29, 0.717) is 6.61 Å². The Morgan fingerprint density at radius 2 is 2.14 bits per heavy atom. The summed E-state index contributed by atoms with van der Waals surface area (Å²) in [4.78, 5) is 0. The monoisotopic (exact) mass is 215 g/mol. The quantitative estimate of drug-likeness (QED) is 0.553. The fourth-order valence-electron chi connectivity index (χ4n) is 0.939. The Labute approximate surface area is 85.1 Å². The molecule has 1 unspecified atom stereocenters. The summed E-state index contributed by atoms with van der Waals surface area (Å²) in [6, 6.07) is 0. The number of aromatic nitrogens is 3. The van der Waals surface area contributed by atoms with Gasteiger partial charge in [-0.15, -0.1) is 5.10 Å². The molecule has 1 heterocycles. The van der Waals surface area contributed by atoms with E-state index < -0.39 is 14.7 Å². The van der Waals surface area contributed by atoms with E-state index in [9.17, 15) is 0 Å². The maximum absolute atomic E-state index is 5.80. The van der Waals surface area contributed by atoms with E-state index in [0.717, 1.165) is 0 Å². The average molecular weight is 215 g/mol. The normalized spacial score (nSPS) is 14.3. The van der Waals surface area contributed by atoms with Crippen LogP contribution in [-0.4, -0.2) is 29.9 Å². The molecule has 0 saturated heterocycles. The van der Waals surface area contributed by atoms with Gasteiger partial charge in [-0.05, 0) is 26.6 Å². The summed E-state index contributed by atoms with van der Waals surface area (Å²) >= 11 is 0. The topological polar surface area (TPSA) is 49.2 Å². The van der Waals surface area contributed by atoms with Gasteiger partial charge in [0.2, 0.25) is 0 Å². The van der Waals surface area contributed by atoms with Crippen molar-refractivity contribution in [2.75, 3.05) is 6.61 Å². The Bertz CT molecular complexity index is 258. The lowest BCUT2D eigenvalue weighted by atomic mass is 10.8. The van der Waals surface area contributed by atoms with Crippen molar-refractivity contribution in [3.63, 3.8) is 0 Å². The fourth-order valence-corrected chi connectivity index (χ4v) is 1.72. The Hall–Kier alpha value is -0.723. The molecule has 0 fully saturated rings. The van der Waals surface area contributed by atoms with Gasteiger partial charge in [0.05, 0.1) is 12.4 Å². The van der Waals surface area contributed by atoms with Gasteiger partial charge < -0.3 is 9.16 Å². The largest absolute Gasteiger partial charge is 0.376 e. The van der Waals surface area contributed by atoms with Crippen molar-refractivity contribution in [3.8, 4) is 0 Å². The van der Waals surface area contributed by atoms with Crippen LogP contribution in [-0.2, 0) is 9.16 Å². The highest BCUT2D eigenvalue weighted by Crippen LogP contribution is 2.15. The maximum atomic E-state index is 5.80. The molecule has 0 N–H and O–H groups in total. The lowest BCUT2D eigenvalue weighted by Crippen LogP contribution is -2.32. The molecule has 0 aromatic carbocycles. The van der Waals surface area contributed by atoms with Crippen LogP contribution < -0.4 is 0 Å². The smallest absolute Gasteiger partial charge is 0.251 e. The van der Waals surface area contributed by atoms with Crippen molar-refractivity contribution in [1.82, 2.24) is 15.0 Å². The predicted octanol–water partition coefficient (Wildman–Crippen LogP) is 1.62. The van der Waals surface area contributed by atoms with Crippen LogP contribution >= 0.6 is 0 Å². The first-order valence-corrected chi connectivity index (χ1v) is 8.09. The summed E-state index contributed by atoms with van der Waals surface area (Å²) in [6.45, 7) is 8.84. The molecule has 1 aromatic rings. The molecule has 5 nitrogen and oxygen atoms in total. The summed E-state index contributed by atoms with van der Waals surface area (Å²) in [5.74, 6) is 0. The van der Waals surface area contributed by atoms with E-state index in [4.69, 9.17) is 9.16 Å². The summed E-state index contributed by atoms with van der Waals surface area (Å²) < 4.78 is 12.8. The molecule has 0 radical (unpaired) electrons. The maximum Gasteiger partial charge on any atom is 0.251 e. The van der Waals surface area contributed by atoms with Crippen molar-refractivity contribution in [2.45, 2.75) is 33.0 Å². The van der Waals surface area contributed by atoms with E-state index in [2.05, 4.69) is 30.0 Å². The van der Waals surface area contributed by atoms with Crippen molar-refractivity contribution in [3.05, 3.63) is 12.4 Å². The van der Waals surface area contributed by atoms with Crippen LogP contribution in [0.15, 0.2) is 12.4 Å². The third-order valence-electron chi connectivity index (χ3n) is 1.42. The molecule has 0 aliphatic heterocycles. The Balaban J connectivity index is 2.65. The zero-order valence-electron chi connectivity index (χ0n) is 9.10. The number of rotatable bonds is 5. The first-order valence-electron chi connectivity index (χ1n) is 4.68. The lowest BCUT2D eigenvalue weighted by molar-refractivity contribution is -0.143. The zero-order valence-corrected chi connectivity index (χ0v) is 10.1. The summed E-state index contributed by atoms with van der Waals surface area (Å²) in [5, 5.41) is 7.58. The molecule has 0 aliphatic carbocycles. The van der Waals surface area contributed by atoms with E-state index in [-0.39, 0.29) is 0 Å². The van der Waals surface area contributed by atoms with E-state index in [1.54, 1.807) is 17.1 Å². The second kappa shape index (κ2) is 4.67. The van der Waals surface area contributed by atoms with Crippen molar-refractivity contribution in [1.29, 1.82) is 0 Å². The second-order valence-electron chi connectivity index (χ2n) is 3.88. The minimum atomic E-state index is -1.63. The molecule has 0 bridgehead atoms. The van der Waals surface area contributed by atoms with Crippen LogP contribution in [0.3, 0.4) is 0 Å². The molecule has 80 valence electrons. The van der Waals surface area contributed by atoms with Crippen molar-refractivity contribution in [2.24, 2.45) is 0 Å². The Morgan fingerprint density at radius 1 is 1.43 bits per heavy atom. The summed E-state index contributed by atoms with van der Waals surface area (Å²) in [7, 11) is -1.63. The zero-order chi connectivity index (χ0) is 10.6. The fraction of sp³-hybridized carbons (Fsp3) is 0.750. The van der Waals surface area contributed by atoms with Crippen LogP contribution in [0.2, 0.25) is 19.6 Å². The molecule has 6 heteroatoms. The highest BCUT2D eigenvalue weighted by atomic mass is 28.4. The number of hydrogen-bond donors (Lipinski definition) is 0. The van der Waals surface area contributed by atoms with Gasteiger partial charge in [0.25, 0.3) is 6.41 Å². The van der Waals surface area contributed by atoms with Crippen LogP contribution in [0.25, 0.3) is 0 Å². The molecule has 14 heavy (non-hydrogen) atoms. The lowest BCUT2D eigenvalue weighted by Gasteiger charge is -2.25. The van der Waals surface area contributed by atoms with Crippen molar-refractivity contribution < 1.29 is 9.16 Å². The molecule has 1 atom stereocenters. The highest BCUT2D eigenvalue weighted by molar-refractivity contribution is 6.69. The minimum Gasteiger partial charge on any atom is -0.376 e. The second-order valence-corrected chi connectivity index (χ2v) is 8.34. The van der Waals surface area contributed by atoms with Crippen LogP contribution in [0, 0.1) is 0 Å². The Morgan fingerprint density at radius 3 is 2.57 bits per heavy atom. The summed E-state index contributed by atoms with van der Waals surface area (Å²) in [5.41, 5.74) is 0. The van der Waals surface area contributed by atoms with Crippen LogP contribution in [0.4, 0.5) is 0 Å². The first kappa shape index (κ1) is 11.4.